The molecular formula is C12H16N4O4. The average molecular weight is 280 g/mol. The Labute approximate surface area is 114 Å². The molecule has 0 aliphatic carbocycles. The Kier molecular flexibility index (Phi) is 2.91. The standard InChI is InChI=1S/C12H16N4O4/c1-12(19)9(18)8(4-17)20-10(12)6-2-3-7-11(13)14-5-15-16(6)7/h2-3,5,8-10,17-19H,4H2,1H3,(H2,13,14,15). The quantitative estimate of drug-likeness (QED) is 0.547. The van der Waals surface area contributed by atoms with Crippen molar-refractivity contribution in [3.8, 4) is 0 Å². The Bertz CT molecular complexity index is 641. The largest absolute Gasteiger partial charge is 0.394 e. The van der Waals surface area contributed by atoms with E-state index >= 15 is 0 Å². The van der Waals surface area contributed by atoms with Gasteiger partial charge in [0.2, 0.25) is 0 Å². The minimum absolute atomic E-state index is 0.308. The van der Waals surface area contributed by atoms with Gasteiger partial charge in [0, 0.05) is 0 Å². The molecule has 8 heteroatoms. The molecule has 3 rings (SSSR count). The zero-order valence-corrected chi connectivity index (χ0v) is 10.8. The summed E-state index contributed by atoms with van der Waals surface area (Å²) in [6.45, 7) is 1.08. The van der Waals surface area contributed by atoms with E-state index in [1.807, 2.05) is 0 Å². The van der Waals surface area contributed by atoms with Crippen molar-refractivity contribution in [2.24, 2.45) is 0 Å². The number of hydrogen-bond donors (Lipinski definition) is 4. The molecule has 0 radical (unpaired) electrons. The molecule has 1 aliphatic rings. The van der Waals surface area contributed by atoms with Crippen LogP contribution < -0.4 is 5.73 Å². The van der Waals surface area contributed by atoms with Crippen LogP contribution >= 0.6 is 0 Å². The van der Waals surface area contributed by atoms with Gasteiger partial charge < -0.3 is 25.8 Å². The molecule has 20 heavy (non-hydrogen) atoms. The third-order valence-electron chi connectivity index (χ3n) is 3.75. The lowest BCUT2D eigenvalue weighted by molar-refractivity contribution is -0.0664. The highest BCUT2D eigenvalue weighted by molar-refractivity contribution is 5.65. The first-order chi connectivity index (χ1) is 9.46. The number of nitrogens with two attached hydrogens (primary N) is 1. The summed E-state index contributed by atoms with van der Waals surface area (Å²) in [5, 5.41) is 33.7. The summed E-state index contributed by atoms with van der Waals surface area (Å²) in [7, 11) is 0. The van der Waals surface area contributed by atoms with Gasteiger partial charge >= 0.3 is 0 Å². The number of aromatic nitrogens is 3. The van der Waals surface area contributed by atoms with Crippen molar-refractivity contribution in [3.05, 3.63) is 24.2 Å². The van der Waals surface area contributed by atoms with Gasteiger partial charge in [-0.25, -0.2) is 9.50 Å². The molecule has 2 aromatic rings. The minimum atomic E-state index is -1.54. The van der Waals surface area contributed by atoms with Crippen LogP contribution in [0.1, 0.15) is 18.7 Å². The summed E-state index contributed by atoms with van der Waals surface area (Å²) in [5.41, 5.74) is 5.33. The Morgan fingerprint density at radius 2 is 2.25 bits per heavy atom. The Hall–Kier alpha value is -1.74. The zero-order valence-electron chi connectivity index (χ0n) is 10.8. The van der Waals surface area contributed by atoms with Gasteiger partial charge in [-0.3, -0.25) is 0 Å². The van der Waals surface area contributed by atoms with Gasteiger partial charge in [-0.1, -0.05) is 0 Å². The first-order valence-corrected chi connectivity index (χ1v) is 6.21. The summed E-state index contributed by atoms with van der Waals surface area (Å²) < 4.78 is 7.07. The monoisotopic (exact) mass is 280 g/mol. The van der Waals surface area contributed by atoms with E-state index in [0.717, 1.165) is 0 Å². The number of hydrogen-bond acceptors (Lipinski definition) is 7. The van der Waals surface area contributed by atoms with Crippen LogP contribution in [0.15, 0.2) is 18.5 Å². The molecule has 1 fully saturated rings. The lowest BCUT2D eigenvalue weighted by atomic mass is 9.91. The number of rotatable bonds is 2. The molecule has 0 bridgehead atoms. The van der Waals surface area contributed by atoms with E-state index in [0.29, 0.717) is 17.0 Å². The topological polar surface area (TPSA) is 126 Å². The number of aliphatic hydroxyl groups is 3. The highest BCUT2D eigenvalue weighted by Crippen LogP contribution is 2.41. The van der Waals surface area contributed by atoms with Crippen molar-refractivity contribution < 1.29 is 20.1 Å². The van der Waals surface area contributed by atoms with Gasteiger partial charge in [-0.2, -0.15) is 5.10 Å². The average Bonchev–Trinajstić information content (AvgIpc) is 2.92. The predicted molar refractivity (Wildman–Crippen MR) is 68.7 cm³/mol. The molecule has 1 aliphatic heterocycles. The van der Waals surface area contributed by atoms with Crippen LogP contribution in [0, 0.1) is 0 Å². The van der Waals surface area contributed by atoms with Gasteiger partial charge in [0.1, 0.15) is 35.8 Å². The number of anilines is 1. The molecule has 2 aromatic heterocycles. The number of fused-ring (bicyclic) bond motifs is 1. The fourth-order valence-corrected chi connectivity index (χ4v) is 2.60. The van der Waals surface area contributed by atoms with Crippen LogP contribution in [0.3, 0.4) is 0 Å². The molecule has 5 N–H and O–H groups in total. The highest BCUT2D eigenvalue weighted by atomic mass is 16.6. The summed E-state index contributed by atoms with van der Waals surface area (Å²) in [6, 6.07) is 3.41. The minimum Gasteiger partial charge on any atom is -0.394 e. The van der Waals surface area contributed by atoms with E-state index in [4.69, 9.17) is 10.5 Å². The van der Waals surface area contributed by atoms with E-state index in [1.165, 1.54) is 17.8 Å². The molecule has 1 saturated heterocycles. The Morgan fingerprint density at radius 3 is 2.90 bits per heavy atom. The lowest BCUT2D eigenvalue weighted by Crippen LogP contribution is -2.43. The van der Waals surface area contributed by atoms with Crippen LogP contribution in [0.4, 0.5) is 5.82 Å². The van der Waals surface area contributed by atoms with Crippen molar-refractivity contribution in [3.63, 3.8) is 0 Å². The van der Waals surface area contributed by atoms with Crippen molar-refractivity contribution in [2.75, 3.05) is 12.3 Å². The van der Waals surface area contributed by atoms with E-state index in [1.54, 1.807) is 12.1 Å². The first-order valence-electron chi connectivity index (χ1n) is 6.21. The molecule has 0 spiro atoms. The normalized spacial score (nSPS) is 33.9. The SMILES string of the molecule is CC1(O)C(c2ccc3c(N)ncnn23)OC(CO)C1O. The molecular weight excluding hydrogens is 264 g/mol. The molecule has 108 valence electrons. The summed E-state index contributed by atoms with van der Waals surface area (Å²) in [5.74, 6) is 0.308. The fourth-order valence-electron chi connectivity index (χ4n) is 2.60. The van der Waals surface area contributed by atoms with Crippen LogP contribution in [-0.4, -0.2) is 54.3 Å². The second kappa shape index (κ2) is 4.38. The van der Waals surface area contributed by atoms with Crippen molar-refractivity contribution in [1.29, 1.82) is 0 Å². The van der Waals surface area contributed by atoms with Crippen LogP contribution in [0.25, 0.3) is 5.52 Å². The second-order valence-corrected chi connectivity index (χ2v) is 5.11. The van der Waals surface area contributed by atoms with Crippen molar-refractivity contribution in [1.82, 2.24) is 14.6 Å². The maximum atomic E-state index is 10.5. The second-order valence-electron chi connectivity index (χ2n) is 5.11. The molecule has 0 aromatic carbocycles. The van der Waals surface area contributed by atoms with E-state index in [9.17, 15) is 15.3 Å². The fraction of sp³-hybridized carbons (Fsp3) is 0.500. The number of nitrogens with zero attached hydrogens (tertiary/aromatic N) is 3. The lowest BCUT2D eigenvalue weighted by Gasteiger charge is -2.26. The Balaban J connectivity index is 2.10. The maximum absolute atomic E-state index is 10.5. The molecule has 0 amide bonds. The molecule has 8 nitrogen and oxygen atoms in total. The number of aliphatic hydroxyl groups excluding tert-OH is 2. The van der Waals surface area contributed by atoms with Crippen molar-refractivity contribution >= 4 is 11.3 Å². The third kappa shape index (κ3) is 1.70. The van der Waals surface area contributed by atoms with Crippen LogP contribution in [0.5, 0.6) is 0 Å². The first kappa shape index (κ1) is 13.3. The maximum Gasteiger partial charge on any atom is 0.151 e. The van der Waals surface area contributed by atoms with E-state index in [-0.39, 0.29) is 6.61 Å². The summed E-state index contributed by atoms with van der Waals surface area (Å²) in [6.07, 6.45) is -1.57. The molecule has 4 unspecified atom stereocenters. The number of nitrogen functional groups attached to an aromatic ring is 1. The van der Waals surface area contributed by atoms with Gasteiger partial charge in [0.05, 0.1) is 12.3 Å². The smallest absolute Gasteiger partial charge is 0.151 e. The van der Waals surface area contributed by atoms with Crippen LogP contribution in [0.2, 0.25) is 0 Å². The summed E-state index contributed by atoms with van der Waals surface area (Å²) >= 11 is 0. The van der Waals surface area contributed by atoms with Gasteiger partial charge in [0.25, 0.3) is 0 Å². The molecule has 3 heterocycles. The van der Waals surface area contributed by atoms with Crippen LogP contribution in [-0.2, 0) is 4.74 Å². The van der Waals surface area contributed by atoms with Gasteiger partial charge in [-0.15, -0.1) is 0 Å². The zero-order chi connectivity index (χ0) is 14.5. The predicted octanol–water partition coefficient (Wildman–Crippen LogP) is -1.14. The van der Waals surface area contributed by atoms with Crippen molar-refractivity contribution in [2.45, 2.75) is 30.8 Å². The van der Waals surface area contributed by atoms with E-state index < -0.39 is 23.9 Å². The van der Waals surface area contributed by atoms with Gasteiger partial charge in [-0.05, 0) is 19.1 Å². The molecule has 0 saturated carbocycles. The number of ether oxygens (including phenoxy) is 1. The Morgan fingerprint density at radius 1 is 1.50 bits per heavy atom. The summed E-state index contributed by atoms with van der Waals surface area (Å²) in [4.78, 5) is 3.88. The van der Waals surface area contributed by atoms with Gasteiger partial charge in [0.15, 0.2) is 5.82 Å². The molecule has 4 atom stereocenters. The highest BCUT2D eigenvalue weighted by Gasteiger charge is 2.53. The third-order valence-corrected chi connectivity index (χ3v) is 3.75. The van der Waals surface area contributed by atoms with E-state index in [2.05, 4.69) is 10.1 Å².